The number of hydrogen-bond donors (Lipinski definition) is 1. The second kappa shape index (κ2) is 9.79. The molecule has 2 aliphatic heterocycles. The van der Waals surface area contributed by atoms with Crippen molar-refractivity contribution in [1.82, 2.24) is 9.62 Å². The van der Waals surface area contributed by atoms with E-state index < -0.39 is 10.0 Å². The summed E-state index contributed by atoms with van der Waals surface area (Å²) in [6.45, 7) is 4.12. The Balaban J connectivity index is 1.35. The van der Waals surface area contributed by atoms with E-state index >= 15 is 0 Å². The number of hydrogen-bond acceptors (Lipinski definition) is 6. The van der Waals surface area contributed by atoms with Gasteiger partial charge < -0.3 is 19.1 Å². The van der Waals surface area contributed by atoms with Gasteiger partial charge in [-0.2, -0.15) is 0 Å². The van der Waals surface area contributed by atoms with Gasteiger partial charge in [-0.3, -0.25) is 4.79 Å². The highest BCUT2D eigenvalue weighted by molar-refractivity contribution is 7.89. The summed E-state index contributed by atoms with van der Waals surface area (Å²) in [4.78, 5) is 14.8. The Kier molecular flexibility index (Phi) is 6.86. The zero-order chi connectivity index (χ0) is 22.6. The van der Waals surface area contributed by atoms with Crippen LogP contribution >= 0.6 is 0 Å². The SMILES string of the molecule is CCOc1ccc(S(=O)(=O)NCCC(=O)N2CCCC2c2ccc3c(c2)OCCO3)cc1. The van der Waals surface area contributed by atoms with Gasteiger partial charge in [0.25, 0.3) is 0 Å². The average molecular weight is 461 g/mol. The zero-order valence-electron chi connectivity index (χ0n) is 18.1. The molecule has 0 radical (unpaired) electrons. The molecular formula is C23H28N2O6S. The smallest absolute Gasteiger partial charge is 0.240 e. The Labute approximate surface area is 188 Å². The molecule has 32 heavy (non-hydrogen) atoms. The van der Waals surface area contributed by atoms with E-state index in [0.29, 0.717) is 37.9 Å². The van der Waals surface area contributed by atoms with Gasteiger partial charge in [-0.05, 0) is 61.7 Å². The standard InChI is InChI=1S/C23H28N2O6S/c1-2-29-18-6-8-19(9-7-18)32(27,28)24-12-11-23(26)25-13-3-4-20(25)17-5-10-21-22(16-17)31-15-14-30-21/h5-10,16,20,24H,2-4,11-15H2,1H3. The van der Waals surface area contributed by atoms with Gasteiger partial charge in [-0.1, -0.05) is 6.07 Å². The molecule has 1 unspecified atom stereocenters. The first-order chi connectivity index (χ1) is 15.5. The largest absolute Gasteiger partial charge is 0.494 e. The quantitative estimate of drug-likeness (QED) is 0.651. The van der Waals surface area contributed by atoms with Crippen molar-refractivity contribution >= 4 is 15.9 Å². The molecule has 2 heterocycles. The topological polar surface area (TPSA) is 94.2 Å². The number of fused-ring (bicyclic) bond motifs is 1. The number of carbonyl (C=O) groups excluding carboxylic acids is 1. The normalized spacial score (nSPS) is 17.9. The van der Waals surface area contributed by atoms with Crippen molar-refractivity contribution in [1.29, 1.82) is 0 Å². The van der Waals surface area contributed by atoms with Crippen molar-refractivity contribution < 1.29 is 27.4 Å². The Morgan fingerprint density at radius 2 is 1.88 bits per heavy atom. The fraction of sp³-hybridized carbons (Fsp3) is 0.435. The number of nitrogens with zero attached hydrogens (tertiary/aromatic N) is 1. The van der Waals surface area contributed by atoms with Gasteiger partial charge in [0.1, 0.15) is 19.0 Å². The third-order valence-corrected chi connectivity index (χ3v) is 7.08. The number of sulfonamides is 1. The Hall–Kier alpha value is -2.78. The van der Waals surface area contributed by atoms with Crippen LogP contribution in [0.1, 0.15) is 37.8 Å². The lowest BCUT2D eigenvalue weighted by molar-refractivity contribution is -0.131. The summed E-state index contributed by atoms with van der Waals surface area (Å²) in [6.07, 6.45) is 1.86. The molecule has 0 bridgehead atoms. The van der Waals surface area contributed by atoms with E-state index in [9.17, 15) is 13.2 Å². The van der Waals surface area contributed by atoms with Crippen molar-refractivity contribution in [2.24, 2.45) is 0 Å². The summed E-state index contributed by atoms with van der Waals surface area (Å²) < 4.78 is 44.2. The lowest BCUT2D eigenvalue weighted by Crippen LogP contribution is -2.34. The van der Waals surface area contributed by atoms with Crippen LogP contribution in [-0.4, -0.2) is 52.1 Å². The van der Waals surface area contributed by atoms with Crippen LogP contribution in [0.3, 0.4) is 0 Å². The zero-order valence-corrected chi connectivity index (χ0v) is 18.9. The molecule has 0 aromatic heterocycles. The van der Waals surface area contributed by atoms with Gasteiger partial charge in [0.05, 0.1) is 17.5 Å². The monoisotopic (exact) mass is 460 g/mol. The predicted molar refractivity (Wildman–Crippen MR) is 119 cm³/mol. The molecule has 1 N–H and O–H groups in total. The van der Waals surface area contributed by atoms with Gasteiger partial charge in [-0.25, -0.2) is 13.1 Å². The summed E-state index contributed by atoms with van der Waals surface area (Å²) in [6, 6.07) is 12.0. The molecular weight excluding hydrogens is 432 g/mol. The van der Waals surface area contributed by atoms with Gasteiger partial charge in [0.2, 0.25) is 15.9 Å². The first kappa shape index (κ1) is 22.4. The van der Waals surface area contributed by atoms with Crippen LogP contribution in [-0.2, 0) is 14.8 Å². The van der Waals surface area contributed by atoms with Crippen LogP contribution in [0.15, 0.2) is 47.4 Å². The van der Waals surface area contributed by atoms with Crippen LogP contribution in [0.25, 0.3) is 0 Å². The molecule has 9 heteroatoms. The number of nitrogens with one attached hydrogen (secondary N) is 1. The Morgan fingerprint density at radius 3 is 2.62 bits per heavy atom. The number of ether oxygens (including phenoxy) is 3. The van der Waals surface area contributed by atoms with E-state index in [1.54, 1.807) is 12.1 Å². The van der Waals surface area contributed by atoms with Crippen LogP contribution in [0.5, 0.6) is 17.2 Å². The Morgan fingerprint density at radius 1 is 1.12 bits per heavy atom. The van der Waals surface area contributed by atoms with Crippen molar-refractivity contribution in [3.8, 4) is 17.2 Å². The molecule has 1 saturated heterocycles. The van der Waals surface area contributed by atoms with Crippen molar-refractivity contribution in [3.05, 3.63) is 48.0 Å². The molecule has 172 valence electrons. The first-order valence-electron chi connectivity index (χ1n) is 10.9. The molecule has 1 atom stereocenters. The highest BCUT2D eigenvalue weighted by Gasteiger charge is 2.30. The Bertz CT molecular complexity index is 1050. The number of rotatable bonds is 8. The predicted octanol–water partition coefficient (Wildman–Crippen LogP) is 2.89. The van der Waals surface area contributed by atoms with Gasteiger partial charge in [-0.15, -0.1) is 0 Å². The molecule has 8 nitrogen and oxygen atoms in total. The number of likely N-dealkylation sites (tertiary alicyclic amines) is 1. The van der Waals surface area contributed by atoms with Crippen LogP contribution in [0, 0.1) is 0 Å². The molecule has 1 fully saturated rings. The minimum absolute atomic E-state index is 0.0404. The second-order valence-corrected chi connectivity index (χ2v) is 9.47. The summed E-state index contributed by atoms with van der Waals surface area (Å²) >= 11 is 0. The maximum absolute atomic E-state index is 12.9. The van der Waals surface area contributed by atoms with Crippen LogP contribution < -0.4 is 18.9 Å². The minimum atomic E-state index is -3.69. The van der Waals surface area contributed by atoms with E-state index in [0.717, 1.165) is 24.2 Å². The minimum Gasteiger partial charge on any atom is -0.494 e. The molecule has 2 aromatic rings. The molecule has 1 amide bonds. The third kappa shape index (κ3) is 4.99. The van der Waals surface area contributed by atoms with Gasteiger partial charge in [0.15, 0.2) is 11.5 Å². The molecule has 2 aromatic carbocycles. The number of amides is 1. The molecule has 2 aliphatic rings. The van der Waals surface area contributed by atoms with Crippen molar-refractivity contribution in [3.63, 3.8) is 0 Å². The molecule has 0 spiro atoms. The first-order valence-corrected chi connectivity index (χ1v) is 12.4. The maximum atomic E-state index is 12.9. The molecule has 0 aliphatic carbocycles. The van der Waals surface area contributed by atoms with E-state index in [-0.39, 0.29) is 29.8 Å². The second-order valence-electron chi connectivity index (χ2n) is 7.70. The number of carbonyl (C=O) groups is 1. The summed E-state index contributed by atoms with van der Waals surface area (Å²) in [7, 11) is -3.69. The highest BCUT2D eigenvalue weighted by Crippen LogP contribution is 2.38. The van der Waals surface area contributed by atoms with Gasteiger partial charge in [0, 0.05) is 19.5 Å². The van der Waals surface area contributed by atoms with Crippen LogP contribution in [0.2, 0.25) is 0 Å². The number of benzene rings is 2. The van der Waals surface area contributed by atoms with E-state index in [1.165, 1.54) is 12.1 Å². The summed E-state index contributed by atoms with van der Waals surface area (Å²) in [5, 5.41) is 0. The fourth-order valence-corrected chi connectivity index (χ4v) is 5.11. The average Bonchev–Trinajstić information content (AvgIpc) is 3.29. The third-order valence-electron chi connectivity index (χ3n) is 5.60. The lowest BCUT2D eigenvalue weighted by Gasteiger charge is -2.27. The molecule has 0 saturated carbocycles. The van der Waals surface area contributed by atoms with E-state index in [2.05, 4.69) is 4.72 Å². The van der Waals surface area contributed by atoms with E-state index in [4.69, 9.17) is 14.2 Å². The summed E-state index contributed by atoms with van der Waals surface area (Å²) in [5.41, 5.74) is 1.01. The molecule has 4 rings (SSSR count). The summed E-state index contributed by atoms with van der Waals surface area (Å²) in [5.74, 6) is 1.97. The highest BCUT2D eigenvalue weighted by atomic mass is 32.2. The van der Waals surface area contributed by atoms with Gasteiger partial charge >= 0.3 is 0 Å². The van der Waals surface area contributed by atoms with Crippen LogP contribution in [0.4, 0.5) is 0 Å². The lowest BCUT2D eigenvalue weighted by atomic mass is 10.0. The van der Waals surface area contributed by atoms with Crippen molar-refractivity contribution in [2.45, 2.75) is 37.1 Å². The fourth-order valence-electron chi connectivity index (χ4n) is 4.08. The maximum Gasteiger partial charge on any atom is 0.240 e. The van der Waals surface area contributed by atoms with Crippen molar-refractivity contribution in [2.75, 3.05) is 32.9 Å². The van der Waals surface area contributed by atoms with E-state index in [1.807, 2.05) is 30.0 Å².